The zero-order chi connectivity index (χ0) is 14.2. The lowest BCUT2D eigenvalue weighted by Gasteiger charge is -2.09. The SMILES string of the molecule is Cc1ccccc1OCCCCNc1ccc(Cl)cc1. The molecule has 0 amide bonds. The third-order valence-corrected chi connectivity index (χ3v) is 3.35. The second-order valence-corrected chi connectivity index (χ2v) is 5.19. The molecule has 0 atom stereocenters. The minimum atomic E-state index is 0.757. The third kappa shape index (κ3) is 4.78. The largest absolute Gasteiger partial charge is 0.493 e. The van der Waals surface area contributed by atoms with Crippen molar-refractivity contribution in [2.75, 3.05) is 18.5 Å². The molecule has 0 saturated carbocycles. The van der Waals surface area contributed by atoms with Crippen LogP contribution in [0.5, 0.6) is 5.75 Å². The van der Waals surface area contributed by atoms with Crippen LogP contribution in [0.15, 0.2) is 48.5 Å². The molecule has 0 bridgehead atoms. The number of hydrogen-bond acceptors (Lipinski definition) is 2. The fraction of sp³-hybridized carbons (Fsp3) is 0.294. The summed E-state index contributed by atoms with van der Waals surface area (Å²) in [6, 6.07) is 15.9. The third-order valence-electron chi connectivity index (χ3n) is 3.10. The van der Waals surface area contributed by atoms with E-state index in [0.29, 0.717) is 0 Å². The summed E-state index contributed by atoms with van der Waals surface area (Å²) in [5.41, 5.74) is 2.29. The topological polar surface area (TPSA) is 21.3 Å². The number of aryl methyl sites for hydroxylation is 1. The van der Waals surface area contributed by atoms with E-state index in [1.165, 1.54) is 5.56 Å². The van der Waals surface area contributed by atoms with Crippen LogP contribution in [-0.2, 0) is 0 Å². The summed E-state index contributed by atoms with van der Waals surface area (Å²) < 4.78 is 5.76. The molecule has 0 aliphatic carbocycles. The van der Waals surface area contributed by atoms with Crippen LogP contribution in [0.2, 0.25) is 5.02 Å². The van der Waals surface area contributed by atoms with Gasteiger partial charge in [0.25, 0.3) is 0 Å². The van der Waals surface area contributed by atoms with Gasteiger partial charge in [-0.3, -0.25) is 0 Å². The first-order valence-corrected chi connectivity index (χ1v) is 7.31. The number of nitrogens with one attached hydrogen (secondary N) is 1. The molecule has 0 aromatic heterocycles. The molecule has 0 unspecified atom stereocenters. The van der Waals surface area contributed by atoms with Gasteiger partial charge < -0.3 is 10.1 Å². The number of ether oxygens (including phenoxy) is 1. The first kappa shape index (κ1) is 14.7. The highest BCUT2D eigenvalue weighted by atomic mass is 35.5. The van der Waals surface area contributed by atoms with Crippen molar-refractivity contribution in [3.05, 3.63) is 59.1 Å². The molecule has 3 heteroatoms. The van der Waals surface area contributed by atoms with E-state index >= 15 is 0 Å². The molecule has 2 aromatic rings. The van der Waals surface area contributed by atoms with Crippen LogP contribution in [0.25, 0.3) is 0 Å². The molecule has 0 spiro atoms. The molecule has 0 aliphatic rings. The van der Waals surface area contributed by atoms with Crippen molar-refractivity contribution >= 4 is 17.3 Å². The van der Waals surface area contributed by atoms with Crippen LogP contribution < -0.4 is 10.1 Å². The van der Waals surface area contributed by atoms with E-state index in [4.69, 9.17) is 16.3 Å². The normalized spacial score (nSPS) is 10.3. The standard InChI is InChI=1S/C17H20ClNO/c1-14-6-2-3-7-17(14)20-13-5-4-12-19-16-10-8-15(18)9-11-16/h2-3,6-11,19H,4-5,12-13H2,1H3. The van der Waals surface area contributed by atoms with Crippen LogP contribution in [0, 0.1) is 6.92 Å². The number of hydrogen-bond donors (Lipinski definition) is 1. The van der Waals surface area contributed by atoms with Crippen molar-refractivity contribution in [3.8, 4) is 5.75 Å². The van der Waals surface area contributed by atoms with Crippen LogP contribution in [0.4, 0.5) is 5.69 Å². The molecule has 0 aliphatic heterocycles. The highest BCUT2D eigenvalue weighted by Gasteiger charge is 1.97. The van der Waals surface area contributed by atoms with Crippen LogP contribution in [0.3, 0.4) is 0 Å². The Morgan fingerprint density at radius 2 is 1.75 bits per heavy atom. The van der Waals surface area contributed by atoms with Gasteiger partial charge in [0.15, 0.2) is 0 Å². The second kappa shape index (κ2) is 7.81. The smallest absolute Gasteiger partial charge is 0.122 e. The molecule has 0 fully saturated rings. The van der Waals surface area contributed by atoms with E-state index in [9.17, 15) is 0 Å². The van der Waals surface area contributed by atoms with Gasteiger partial charge in [0.2, 0.25) is 0 Å². The number of unbranched alkanes of at least 4 members (excludes halogenated alkanes) is 1. The summed E-state index contributed by atoms with van der Waals surface area (Å²) in [5, 5.41) is 4.13. The van der Waals surface area contributed by atoms with E-state index in [2.05, 4.69) is 18.3 Å². The van der Waals surface area contributed by atoms with Crippen molar-refractivity contribution < 1.29 is 4.74 Å². The van der Waals surface area contributed by atoms with Gasteiger partial charge in [0.1, 0.15) is 5.75 Å². The zero-order valence-electron chi connectivity index (χ0n) is 11.7. The number of para-hydroxylation sites is 1. The van der Waals surface area contributed by atoms with Gasteiger partial charge in [-0.1, -0.05) is 29.8 Å². The maximum Gasteiger partial charge on any atom is 0.122 e. The maximum absolute atomic E-state index is 5.84. The minimum Gasteiger partial charge on any atom is -0.493 e. The Morgan fingerprint density at radius 1 is 1.00 bits per heavy atom. The Balaban J connectivity index is 1.60. The molecule has 0 saturated heterocycles. The summed E-state index contributed by atoms with van der Waals surface area (Å²) in [7, 11) is 0. The average Bonchev–Trinajstić information content (AvgIpc) is 2.46. The Bertz CT molecular complexity index is 525. The summed E-state index contributed by atoms with van der Waals surface area (Å²) in [4.78, 5) is 0. The number of anilines is 1. The fourth-order valence-electron chi connectivity index (χ4n) is 1.93. The fourth-order valence-corrected chi connectivity index (χ4v) is 2.05. The van der Waals surface area contributed by atoms with Crippen molar-refractivity contribution in [1.29, 1.82) is 0 Å². The lowest BCUT2D eigenvalue weighted by Crippen LogP contribution is -2.05. The van der Waals surface area contributed by atoms with E-state index in [1.54, 1.807) is 0 Å². The molecular formula is C17H20ClNO. The predicted octanol–water partition coefficient (Wildman–Crippen LogP) is 4.92. The van der Waals surface area contributed by atoms with Gasteiger partial charge in [0.05, 0.1) is 6.61 Å². The van der Waals surface area contributed by atoms with E-state index in [0.717, 1.165) is 42.5 Å². The first-order valence-electron chi connectivity index (χ1n) is 6.93. The van der Waals surface area contributed by atoms with E-state index in [1.807, 2.05) is 42.5 Å². The van der Waals surface area contributed by atoms with Crippen molar-refractivity contribution in [2.24, 2.45) is 0 Å². The molecule has 2 rings (SSSR count). The predicted molar refractivity (Wildman–Crippen MR) is 85.8 cm³/mol. The highest BCUT2D eigenvalue weighted by Crippen LogP contribution is 2.16. The zero-order valence-corrected chi connectivity index (χ0v) is 12.5. The van der Waals surface area contributed by atoms with Gasteiger partial charge in [-0.15, -0.1) is 0 Å². The number of benzene rings is 2. The van der Waals surface area contributed by atoms with Crippen molar-refractivity contribution in [2.45, 2.75) is 19.8 Å². The Labute approximate surface area is 125 Å². The lowest BCUT2D eigenvalue weighted by molar-refractivity contribution is 0.306. The quantitative estimate of drug-likeness (QED) is 0.731. The van der Waals surface area contributed by atoms with Gasteiger partial charge >= 0.3 is 0 Å². The summed E-state index contributed by atoms with van der Waals surface area (Å²) in [5.74, 6) is 0.984. The molecule has 1 N–H and O–H groups in total. The molecule has 2 aromatic carbocycles. The van der Waals surface area contributed by atoms with Crippen molar-refractivity contribution in [1.82, 2.24) is 0 Å². The Kier molecular flexibility index (Phi) is 5.75. The second-order valence-electron chi connectivity index (χ2n) is 4.75. The first-order chi connectivity index (χ1) is 9.75. The van der Waals surface area contributed by atoms with Crippen LogP contribution in [-0.4, -0.2) is 13.2 Å². The summed E-state index contributed by atoms with van der Waals surface area (Å²) in [6.45, 7) is 3.77. The van der Waals surface area contributed by atoms with Gasteiger partial charge in [-0.05, 0) is 55.7 Å². The number of rotatable bonds is 7. The van der Waals surface area contributed by atoms with Gasteiger partial charge in [0, 0.05) is 17.3 Å². The summed E-state index contributed by atoms with van der Waals surface area (Å²) >= 11 is 5.84. The Morgan fingerprint density at radius 3 is 2.50 bits per heavy atom. The highest BCUT2D eigenvalue weighted by molar-refractivity contribution is 6.30. The van der Waals surface area contributed by atoms with Crippen LogP contribution >= 0.6 is 11.6 Å². The monoisotopic (exact) mass is 289 g/mol. The number of halogens is 1. The van der Waals surface area contributed by atoms with Crippen molar-refractivity contribution in [3.63, 3.8) is 0 Å². The summed E-state index contributed by atoms with van der Waals surface area (Å²) in [6.07, 6.45) is 2.11. The molecule has 20 heavy (non-hydrogen) atoms. The van der Waals surface area contributed by atoms with Gasteiger partial charge in [-0.2, -0.15) is 0 Å². The minimum absolute atomic E-state index is 0.757. The van der Waals surface area contributed by atoms with Gasteiger partial charge in [-0.25, -0.2) is 0 Å². The molecular weight excluding hydrogens is 270 g/mol. The molecule has 106 valence electrons. The maximum atomic E-state index is 5.84. The molecule has 0 heterocycles. The average molecular weight is 290 g/mol. The molecule has 2 nitrogen and oxygen atoms in total. The lowest BCUT2D eigenvalue weighted by atomic mass is 10.2. The van der Waals surface area contributed by atoms with E-state index in [-0.39, 0.29) is 0 Å². The molecule has 0 radical (unpaired) electrons. The van der Waals surface area contributed by atoms with E-state index < -0.39 is 0 Å². The van der Waals surface area contributed by atoms with Crippen LogP contribution in [0.1, 0.15) is 18.4 Å². The Hall–Kier alpha value is -1.67.